The van der Waals surface area contributed by atoms with Crippen LogP contribution in [0.2, 0.25) is 0 Å². The summed E-state index contributed by atoms with van der Waals surface area (Å²) in [7, 11) is 0. The van der Waals surface area contributed by atoms with Gasteiger partial charge in [0.15, 0.2) is 0 Å². The van der Waals surface area contributed by atoms with Crippen LogP contribution in [0.1, 0.15) is 28.1 Å². The van der Waals surface area contributed by atoms with Gasteiger partial charge in [0.05, 0.1) is 12.6 Å². The Bertz CT molecular complexity index is 927. The number of amides is 2. The van der Waals surface area contributed by atoms with Crippen molar-refractivity contribution in [3.63, 3.8) is 0 Å². The zero-order valence-electron chi connectivity index (χ0n) is 15.6. The largest absolute Gasteiger partial charge is 0.465 e. The molecule has 2 heterocycles. The van der Waals surface area contributed by atoms with Gasteiger partial charge in [0.1, 0.15) is 11.5 Å². The molecule has 2 N–H and O–H groups in total. The number of imidazole rings is 1. The molecular weight excluding hydrogens is 356 g/mol. The van der Waals surface area contributed by atoms with Crippen LogP contribution in [0.4, 0.5) is 0 Å². The summed E-state index contributed by atoms with van der Waals surface area (Å²) in [6.07, 6.45) is 9.06. The van der Waals surface area contributed by atoms with Crippen molar-refractivity contribution in [3.8, 4) is 0 Å². The van der Waals surface area contributed by atoms with Gasteiger partial charge in [-0.3, -0.25) is 9.59 Å². The molecule has 0 atom stereocenters. The molecule has 144 valence electrons. The van der Waals surface area contributed by atoms with E-state index in [1.54, 1.807) is 36.8 Å². The Morgan fingerprint density at radius 2 is 2.04 bits per heavy atom. The van der Waals surface area contributed by atoms with Crippen molar-refractivity contribution in [2.75, 3.05) is 6.54 Å². The quantitative estimate of drug-likeness (QED) is 0.466. The van der Waals surface area contributed by atoms with Crippen molar-refractivity contribution in [1.82, 2.24) is 20.2 Å². The molecule has 0 aliphatic carbocycles. The maximum atomic E-state index is 12.6. The molecule has 2 amide bonds. The summed E-state index contributed by atoms with van der Waals surface area (Å²) in [5, 5.41) is 5.51. The summed E-state index contributed by atoms with van der Waals surface area (Å²) < 4.78 is 7.21. The highest BCUT2D eigenvalue weighted by Crippen LogP contribution is 2.08. The van der Waals surface area contributed by atoms with Gasteiger partial charge in [-0.15, -0.1) is 0 Å². The smallest absolute Gasteiger partial charge is 0.267 e. The Balaban J connectivity index is 1.63. The van der Waals surface area contributed by atoms with Crippen molar-refractivity contribution in [1.29, 1.82) is 0 Å². The second-order valence-electron chi connectivity index (χ2n) is 6.30. The van der Waals surface area contributed by atoms with Crippen molar-refractivity contribution in [2.24, 2.45) is 0 Å². The molecule has 0 unspecified atom stereocenters. The van der Waals surface area contributed by atoms with Crippen LogP contribution in [0.3, 0.4) is 0 Å². The highest BCUT2D eigenvalue weighted by molar-refractivity contribution is 6.05. The molecule has 0 spiro atoms. The van der Waals surface area contributed by atoms with Crippen molar-refractivity contribution < 1.29 is 14.0 Å². The molecule has 28 heavy (non-hydrogen) atoms. The van der Waals surface area contributed by atoms with Crippen LogP contribution in [0.25, 0.3) is 6.08 Å². The van der Waals surface area contributed by atoms with Gasteiger partial charge in [0.25, 0.3) is 11.8 Å². The van der Waals surface area contributed by atoms with Crippen molar-refractivity contribution >= 4 is 17.9 Å². The fraction of sp³-hybridized carbons (Fsp3) is 0.190. The first-order chi connectivity index (χ1) is 13.6. The lowest BCUT2D eigenvalue weighted by Gasteiger charge is -2.11. The van der Waals surface area contributed by atoms with Gasteiger partial charge in [-0.1, -0.05) is 17.7 Å². The van der Waals surface area contributed by atoms with Gasteiger partial charge < -0.3 is 19.6 Å². The van der Waals surface area contributed by atoms with Gasteiger partial charge in [-0.05, 0) is 37.6 Å². The van der Waals surface area contributed by atoms with Crippen LogP contribution in [0.15, 0.2) is 71.5 Å². The second-order valence-corrected chi connectivity index (χ2v) is 6.30. The van der Waals surface area contributed by atoms with E-state index in [0.29, 0.717) is 17.9 Å². The first kappa shape index (κ1) is 19.2. The third-order valence-corrected chi connectivity index (χ3v) is 4.07. The number of carbonyl (C=O) groups is 2. The SMILES string of the molecule is Cc1ccc(C(=O)N/C(=C\c2ccco2)C(=O)NCCCn2ccnc2)cc1. The molecule has 0 saturated carbocycles. The standard InChI is InChI=1S/C21H22N4O3/c1-16-5-7-17(8-6-16)20(26)24-19(14-18-4-2-13-28-18)21(27)23-9-3-11-25-12-10-22-15-25/h2,4-8,10,12-15H,3,9,11H2,1H3,(H,23,27)(H,24,26)/b19-14-. The van der Waals surface area contributed by atoms with E-state index < -0.39 is 0 Å². The normalized spacial score (nSPS) is 11.2. The van der Waals surface area contributed by atoms with Crippen LogP contribution >= 0.6 is 0 Å². The molecule has 3 aromatic rings. The number of carbonyl (C=O) groups excluding carboxylic acids is 2. The third-order valence-electron chi connectivity index (χ3n) is 4.07. The molecule has 1 aromatic carbocycles. The highest BCUT2D eigenvalue weighted by atomic mass is 16.3. The zero-order valence-corrected chi connectivity index (χ0v) is 15.6. The molecule has 0 fully saturated rings. The summed E-state index contributed by atoms with van der Waals surface area (Å²) >= 11 is 0. The number of furan rings is 1. The Kier molecular flexibility index (Phi) is 6.41. The Morgan fingerprint density at radius 1 is 1.21 bits per heavy atom. The average molecular weight is 378 g/mol. The number of hydrogen-bond donors (Lipinski definition) is 2. The minimum Gasteiger partial charge on any atom is -0.465 e. The van der Waals surface area contributed by atoms with Gasteiger partial charge in [-0.25, -0.2) is 4.98 Å². The molecule has 7 nitrogen and oxygen atoms in total. The number of rotatable bonds is 8. The molecule has 0 saturated heterocycles. The number of nitrogens with zero attached hydrogens (tertiary/aromatic N) is 2. The predicted molar refractivity (Wildman–Crippen MR) is 105 cm³/mol. The van der Waals surface area contributed by atoms with Crippen molar-refractivity contribution in [3.05, 3.63) is 84.0 Å². The highest BCUT2D eigenvalue weighted by Gasteiger charge is 2.15. The van der Waals surface area contributed by atoms with Crippen LogP contribution < -0.4 is 10.6 Å². The summed E-state index contributed by atoms with van der Waals surface area (Å²) in [5.74, 6) is -0.248. The maximum Gasteiger partial charge on any atom is 0.267 e. The molecule has 0 aliphatic rings. The lowest BCUT2D eigenvalue weighted by molar-refractivity contribution is -0.117. The predicted octanol–water partition coefficient (Wildman–Crippen LogP) is 2.76. The van der Waals surface area contributed by atoms with E-state index >= 15 is 0 Å². The minimum atomic E-state index is -0.373. The number of aromatic nitrogens is 2. The summed E-state index contributed by atoms with van der Waals surface area (Å²) in [6.45, 7) is 3.15. The van der Waals surface area contributed by atoms with E-state index in [-0.39, 0.29) is 17.5 Å². The first-order valence-corrected chi connectivity index (χ1v) is 8.99. The van der Waals surface area contributed by atoms with Crippen LogP contribution in [-0.2, 0) is 11.3 Å². The van der Waals surface area contributed by atoms with E-state index in [1.807, 2.05) is 29.8 Å². The van der Waals surface area contributed by atoms with Crippen molar-refractivity contribution in [2.45, 2.75) is 19.9 Å². The maximum absolute atomic E-state index is 12.6. The Hall–Kier alpha value is -3.61. The number of hydrogen-bond acceptors (Lipinski definition) is 4. The molecular formula is C21H22N4O3. The summed E-state index contributed by atoms with van der Waals surface area (Å²) in [5.41, 5.74) is 1.66. The van der Waals surface area contributed by atoms with E-state index in [4.69, 9.17) is 4.42 Å². The Labute approximate surface area is 163 Å². The van der Waals surface area contributed by atoms with E-state index in [1.165, 1.54) is 12.3 Å². The number of nitrogens with one attached hydrogen (secondary N) is 2. The van der Waals surface area contributed by atoms with Gasteiger partial charge in [0, 0.05) is 37.1 Å². The van der Waals surface area contributed by atoms with Crippen LogP contribution in [0, 0.1) is 6.92 Å². The van der Waals surface area contributed by atoms with E-state index in [9.17, 15) is 9.59 Å². The van der Waals surface area contributed by atoms with Crippen LogP contribution in [0.5, 0.6) is 0 Å². The molecule has 0 aliphatic heterocycles. The van der Waals surface area contributed by atoms with Gasteiger partial charge >= 0.3 is 0 Å². The molecule has 0 radical (unpaired) electrons. The topological polar surface area (TPSA) is 89.2 Å². The van der Waals surface area contributed by atoms with E-state index in [2.05, 4.69) is 15.6 Å². The van der Waals surface area contributed by atoms with Gasteiger partial charge in [-0.2, -0.15) is 0 Å². The fourth-order valence-electron chi connectivity index (χ4n) is 2.55. The van der Waals surface area contributed by atoms with Crippen LogP contribution in [-0.4, -0.2) is 27.9 Å². The zero-order chi connectivity index (χ0) is 19.8. The van der Waals surface area contributed by atoms with Gasteiger partial charge in [0.2, 0.25) is 0 Å². The molecule has 7 heteroatoms. The minimum absolute atomic E-state index is 0.128. The fourth-order valence-corrected chi connectivity index (χ4v) is 2.55. The lowest BCUT2D eigenvalue weighted by Crippen LogP contribution is -2.35. The first-order valence-electron chi connectivity index (χ1n) is 8.99. The third kappa shape index (κ3) is 5.44. The average Bonchev–Trinajstić information content (AvgIpc) is 3.39. The summed E-state index contributed by atoms with van der Waals surface area (Å²) in [6, 6.07) is 10.6. The molecule has 3 rings (SSSR count). The molecule has 0 bridgehead atoms. The lowest BCUT2D eigenvalue weighted by atomic mass is 10.1. The monoisotopic (exact) mass is 378 g/mol. The second kappa shape index (κ2) is 9.36. The molecule has 2 aromatic heterocycles. The summed E-state index contributed by atoms with van der Waals surface area (Å²) in [4.78, 5) is 29.1. The number of benzene rings is 1. The number of aryl methyl sites for hydroxylation is 2. The van der Waals surface area contributed by atoms with E-state index in [0.717, 1.165) is 18.5 Å². The Morgan fingerprint density at radius 3 is 2.71 bits per heavy atom.